The first-order valence-corrected chi connectivity index (χ1v) is 9.25. The van der Waals surface area contributed by atoms with Crippen molar-refractivity contribution in [2.45, 2.75) is 6.42 Å². The van der Waals surface area contributed by atoms with Crippen LogP contribution in [0.2, 0.25) is 5.02 Å². The standard InChI is InChI=1S/C19H13ClN2O4S/c1-25-19(24)14-7-6-10(26-14)8-15-21-17(23)16-12(9-27-18(16)22-15)11-4-2-3-5-13(11)20/h2-7,9H,8H2,1H3,(H,21,22,23). The summed E-state index contributed by atoms with van der Waals surface area (Å²) in [4.78, 5) is 32.1. The Morgan fingerprint density at radius 3 is 2.85 bits per heavy atom. The van der Waals surface area contributed by atoms with Gasteiger partial charge in [0.25, 0.3) is 5.56 Å². The van der Waals surface area contributed by atoms with Gasteiger partial charge < -0.3 is 14.1 Å². The monoisotopic (exact) mass is 400 g/mol. The number of thiophene rings is 1. The smallest absolute Gasteiger partial charge is 0.373 e. The summed E-state index contributed by atoms with van der Waals surface area (Å²) in [5.41, 5.74) is 1.30. The maximum atomic E-state index is 12.7. The van der Waals surface area contributed by atoms with Crippen LogP contribution >= 0.6 is 22.9 Å². The highest BCUT2D eigenvalue weighted by Gasteiger charge is 2.16. The van der Waals surface area contributed by atoms with Crippen LogP contribution in [0.1, 0.15) is 22.1 Å². The van der Waals surface area contributed by atoms with Crippen molar-refractivity contribution in [3.8, 4) is 11.1 Å². The first-order chi connectivity index (χ1) is 13.1. The van der Waals surface area contributed by atoms with Crippen molar-refractivity contribution in [2.24, 2.45) is 0 Å². The second-order valence-corrected chi connectivity index (χ2v) is 7.02. The number of H-pyrrole nitrogens is 1. The van der Waals surface area contributed by atoms with E-state index in [1.54, 1.807) is 12.1 Å². The molecule has 4 rings (SSSR count). The fourth-order valence-corrected chi connectivity index (χ4v) is 4.00. The Kier molecular flexibility index (Phi) is 4.55. The van der Waals surface area contributed by atoms with E-state index in [0.717, 1.165) is 11.1 Å². The molecule has 8 heteroatoms. The molecule has 0 saturated carbocycles. The van der Waals surface area contributed by atoms with Crippen LogP contribution in [0.25, 0.3) is 21.3 Å². The van der Waals surface area contributed by atoms with Crippen molar-refractivity contribution in [2.75, 3.05) is 7.11 Å². The van der Waals surface area contributed by atoms with Crippen LogP contribution < -0.4 is 5.56 Å². The second kappa shape index (κ2) is 7.02. The van der Waals surface area contributed by atoms with Crippen molar-refractivity contribution in [1.82, 2.24) is 9.97 Å². The van der Waals surface area contributed by atoms with Gasteiger partial charge in [-0.05, 0) is 18.2 Å². The number of aromatic amines is 1. The van der Waals surface area contributed by atoms with E-state index in [1.165, 1.54) is 24.5 Å². The minimum Gasteiger partial charge on any atom is -0.463 e. The summed E-state index contributed by atoms with van der Waals surface area (Å²) in [6, 6.07) is 10.5. The van der Waals surface area contributed by atoms with Gasteiger partial charge in [-0.3, -0.25) is 4.79 Å². The second-order valence-electron chi connectivity index (χ2n) is 5.76. The number of nitrogens with one attached hydrogen (secondary N) is 1. The molecule has 3 aromatic heterocycles. The minimum absolute atomic E-state index is 0.105. The zero-order valence-corrected chi connectivity index (χ0v) is 15.7. The van der Waals surface area contributed by atoms with Crippen molar-refractivity contribution in [1.29, 1.82) is 0 Å². The zero-order valence-electron chi connectivity index (χ0n) is 14.1. The summed E-state index contributed by atoms with van der Waals surface area (Å²) in [5, 5.41) is 2.96. The first-order valence-electron chi connectivity index (χ1n) is 7.99. The van der Waals surface area contributed by atoms with Gasteiger partial charge in [-0.25, -0.2) is 9.78 Å². The van der Waals surface area contributed by atoms with Crippen molar-refractivity contribution < 1.29 is 13.9 Å². The van der Waals surface area contributed by atoms with Gasteiger partial charge in [0.1, 0.15) is 16.4 Å². The maximum Gasteiger partial charge on any atom is 0.373 e. The van der Waals surface area contributed by atoms with Gasteiger partial charge in [-0.2, -0.15) is 0 Å². The Morgan fingerprint density at radius 1 is 1.26 bits per heavy atom. The summed E-state index contributed by atoms with van der Waals surface area (Å²) < 4.78 is 10.0. The number of furan rings is 1. The molecule has 27 heavy (non-hydrogen) atoms. The number of esters is 1. The van der Waals surface area contributed by atoms with Crippen LogP contribution in [-0.2, 0) is 11.2 Å². The molecular weight excluding hydrogens is 388 g/mol. The molecule has 6 nitrogen and oxygen atoms in total. The normalized spacial score (nSPS) is 11.0. The number of halogens is 1. The number of methoxy groups -OCH3 is 1. The number of rotatable bonds is 4. The SMILES string of the molecule is COC(=O)c1ccc(Cc2nc3scc(-c4ccccc4Cl)c3c(=O)[nH]2)o1. The van der Waals surface area contributed by atoms with Gasteiger partial charge >= 0.3 is 5.97 Å². The average Bonchev–Trinajstić information content (AvgIpc) is 3.29. The number of ether oxygens (including phenoxy) is 1. The molecule has 0 aliphatic carbocycles. The van der Waals surface area contributed by atoms with Crippen molar-refractivity contribution in [3.63, 3.8) is 0 Å². The summed E-state index contributed by atoms with van der Waals surface area (Å²) in [5.74, 6) is 0.500. The highest BCUT2D eigenvalue weighted by molar-refractivity contribution is 7.17. The minimum atomic E-state index is -0.555. The summed E-state index contributed by atoms with van der Waals surface area (Å²) in [7, 11) is 1.28. The Morgan fingerprint density at radius 2 is 2.07 bits per heavy atom. The number of aromatic nitrogens is 2. The Balaban J connectivity index is 1.71. The molecule has 0 atom stereocenters. The molecule has 1 N–H and O–H groups in total. The molecule has 136 valence electrons. The van der Waals surface area contributed by atoms with Crippen LogP contribution in [0.4, 0.5) is 0 Å². The van der Waals surface area contributed by atoms with Gasteiger partial charge in [-0.1, -0.05) is 29.8 Å². The molecule has 0 unspecified atom stereocenters. The molecule has 0 spiro atoms. The molecule has 0 aliphatic rings. The van der Waals surface area contributed by atoms with E-state index in [-0.39, 0.29) is 17.7 Å². The largest absolute Gasteiger partial charge is 0.463 e. The van der Waals surface area contributed by atoms with Gasteiger partial charge in [-0.15, -0.1) is 11.3 Å². The number of fused-ring (bicyclic) bond motifs is 1. The zero-order chi connectivity index (χ0) is 19.0. The first kappa shape index (κ1) is 17.5. The Hall–Kier alpha value is -2.90. The van der Waals surface area contributed by atoms with E-state index >= 15 is 0 Å². The predicted molar refractivity (Wildman–Crippen MR) is 104 cm³/mol. The fourth-order valence-electron chi connectivity index (χ4n) is 2.80. The Labute approximate surface area is 162 Å². The molecule has 0 bridgehead atoms. The molecule has 4 aromatic rings. The third-order valence-electron chi connectivity index (χ3n) is 4.05. The average molecular weight is 401 g/mol. The lowest BCUT2D eigenvalue weighted by atomic mass is 10.1. The van der Waals surface area contributed by atoms with Gasteiger partial charge in [0, 0.05) is 21.5 Å². The van der Waals surface area contributed by atoms with Gasteiger partial charge in [0.05, 0.1) is 18.9 Å². The highest BCUT2D eigenvalue weighted by atomic mass is 35.5. The molecule has 3 heterocycles. The molecule has 0 fully saturated rings. The van der Waals surface area contributed by atoms with Crippen molar-refractivity contribution >= 4 is 39.1 Å². The van der Waals surface area contributed by atoms with Gasteiger partial charge in [0.2, 0.25) is 5.76 Å². The number of hydrogen-bond acceptors (Lipinski definition) is 6. The number of hydrogen-bond donors (Lipinski definition) is 1. The molecular formula is C19H13ClN2O4S. The quantitative estimate of drug-likeness (QED) is 0.517. The number of carbonyl (C=O) groups excluding carboxylic acids is 1. The summed E-state index contributed by atoms with van der Waals surface area (Å²) >= 11 is 7.64. The van der Waals surface area contributed by atoms with E-state index in [2.05, 4.69) is 14.7 Å². The van der Waals surface area contributed by atoms with E-state index in [0.29, 0.717) is 26.8 Å². The fraction of sp³-hybridized carbons (Fsp3) is 0.105. The molecule has 0 saturated heterocycles. The third kappa shape index (κ3) is 3.27. The van der Waals surface area contributed by atoms with Crippen LogP contribution in [0.5, 0.6) is 0 Å². The highest BCUT2D eigenvalue weighted by Crippen LogP contribution is 2.34. The number of benzene rings is 1. The van der Waals surface area contributed by atoms with E-state index in [4.69, 9.17) is 16.0 Å². The van der Waals surface area contributed by atoms with Crippen LogP contribution in [0.15, 0.2) is 51.0 Å². The van der Waals surface area contributed by atoms with Crippen LogP contribution in [0.3, 0.4) is 0 Å². The maximum absolute atomic E-state index is 12.7. The lowest BCUT2D eigenvalue weighted by Gasteiger charge is -2.03. The topological polar surface area (TPSA) is 85.2 Å². The number of nitrogens with zero attached hydrogens (tertiary/aromatic N) is 1. The summed E-state index contributed by atoms with van der Waals surface area (Å²) in [6.45, 7) is 0. The van der Waals surface area contributed by atoms with Crippen LogP contribution in [-0.4, -0.2) is 23.0 Å². The van der Waals surface area contributed by atoms with E-state index in [1.807, 2.05) is 23.6 Å². The molecule has 0 aliphatic heterocycles. The molecule has 0 radical (unpaired) electrons. The molecule has 1 aromatic carbocycles. The van der Waals surface area contributed by atoms with E-state index < -0.39 is 5.97 Å². The lowest BCUT2D eigenvalue weighted by molar-refractivity contribution is 0.0563. The third-order valence-corrected chi connectivity index (χ3v) is 5.25. The predicted octanol–water partition coefficient (Wildman–Crippen LogP) is 4.28. The van der Waals surface area contributed by atoms with Crippen molar-refractivity contribution in [3.05, 3.63) is 74.5 Å². The van der Waals surface area contributed by atoms with Crippen LogP contribution in [0, 0.1) is 0 Å². The lowest BCUT2D eigenvalue weighted by Crippen LogP contribution is -2.11. The van der Waals surface area contributed by atoms with Gasteiger partial charge in [0.15, 0.2) is 0 Å². The van der Waals surface area contributed by atoms with E-state index in [9.17, 15) is 9.59 Å². The number of carbonyl (C=O) groups is 1. The summed E-state index contributed by atoms with van der Waals surface area (Å²) in [6.07, 6.45) is 0.251. The Bertz CT molecular complexity index is 1210. The molecule has 0 amide bonds.